The van der Waals surface area contributed by atoms with E-state index in [-0.39, 0.29) is 12.1 Å². The van der Waals surface area contributed by atoms with Crippen molar-refractivity contribution >= 4 is 11.0 Å². The highest BCUT2D eigenvalue weighted by Crippen LogP contribution is 2.35. The molecule has 1 aliphatic heterocycles. The van der Waals surface area contributed by atoms with Crippen LogP contribution in [0.4, 0.5) is 0 Å². The average molecular weight is 273 g/mol. The Morgan fingerprint density at radius 3 is 2.90 bits per heavy atom. The van der Waals surface area contributed by atoms with Gasteiger partial charge in [-0.3, -0.25) is 0 Å². The Hall–Kier alpha value is -1.32. The van der Waals surface area contributed by atoms with Gasteiger partial charge in [0.25, 0.3) is 0 Å². The first kappa shape index (κ1) is 13.7. The van der Waals surface area contributed by atoms with Gasteiger partial charge in [0.2, 0.25) is 0 Å². The smallest absolute Gasteiger partial charge is 0.134 e. The van der Waals surface area contributed by atoms with Gasteiger partial charge in [0, 0.05) is 17.9 Å². The first-order valence-electron chi connectivity index (χ1n) is 7.63. The standard InChI is InChI=1S/C17H23NO2/c1-3-9-18-17(14-8-10-19-12(14)2)16-11-13-6-4-5-7-15(13)20-16/h4-7,11-12,14,17-18H,3,8-10H2,1-2H3. The second-order valence-corrected chi connectivity index (χ2v) is 5.65. The number of nitrogens with one attached hydrogen (secondary N) is 1. The molecular weight excluding hydrogens is 250 g/mol. The Bertz CT molecular complexity index is 530. The SMILES string of the molecule is CCCNC(c1cc2ccccc2o1)C1CCOC1C. The Balaban J connectivity index is 1.90. The van der Waals surface area contributed by atoms with Crippen LogP contribution in [0.25, 0.3) is 11.0 Å². The van der Waals surface area contributed by atoms with E-state index in [1.54, 1.807) is 0 Å². The molecule has 0 aliphatic carbocycles. The number of fused-ring (bicyclic) bond motifs is 1. The van der Waals surface area contributed by atoms with E-state index in [0.29, 0.717) is 5.92 Å². The van der Waals surface area contributed by atoms with Crippen LogP contribution in [-0.4, -0.2) is 19.3 Å². The lowest BCUT2D eigenvalue weighted by Gasteiger charge is -2.25. The van der Waals surface area contributed by atoms with Crippen LogP contribution >= 0.6 is 0 Å². The molecule has 3 atom stereocenters. The maximum Gasteiger partial charge on any atom is 0.134 e. The molecule has 0 saturated carbocycles. The Morgan fingerprint density at radius 2 is 2.20 bits per heavy atom. The van der Waals surface area contributed by atoms with Crippen LogP contribution < -0.4 is 5.32 Å². The first-order chi connectivity index (χ1) is 9.79. The summed E-state index contributed by atoms with van der Waals surface area (Å²) in [5.74, 6) is 1.53. The second-order valence-electron chi connectivity index (χ2n) is 5.65. The lowest BCUT2D eigenvalue weighted by molar-refractivity contribution is 0.0927. The molecule has 0 bridgehead atoms. The maximum absolute atomic E-state index is 6.07. The molecule has 0 radical (unpaired) electrons. The van der Waals surface area contributed by atoms with Gasteiger partial charge in [-0.2, -0.15) is 0 Å². The highest BCUT2D eigenvalue weighted by Gasteiger charge is 2.34. The number of para-hydroxylation sites is 1. The molecule has 3 heteroatoms. The predicted octanol–water partition coefficient (Wildman–Crippen LogP) is 3.90. The van der Waals surface area contributed by atoms with Crippen LogP contribution in [0.2, 0.25) is 0 Å². The van der Waals surface area contributed by atoms with E-state index >= 15 is 0 Å². The van der Waals surface area contributed by atoms with E-state index in [0.717, 1.165) is 37.3 Å². The third kappa shape index (κ3) is 2.60. The molecule has 20 heavy (non-hydrogen) atoms. The topological polar surface area (TPSA) is 34.4 Å². The molecule has 108 valence electrons. The Morgan fingerprint density at radius 1 is 1.35 bits per heavy atom. The molecule has 2 heterocycles. The third-order valence-corrected chi connectivity index (χ3v) is 4.23. The fourth-order valence-electron chi connectivity index (χ4n) is 3.10. The van der Waals surface area contributed by atoms with Gasteiger partial charge < -0.3 is 14.5 Å². The monoisotopic (exact) mass is 273 g/mol. The minimum absolute atomic E-state index is 0.250. The Kier molecular flexibility index (Phi) is 4.08. The van der Waals surface area contributed by atoms with Crippen LogP contribution in [0, 0.1) is 5.92 Å². The van der Waals surface area contributed by atoms with Gasteiger partial charge in [0.05, 0.1) is 12.1 Å². The van der Waals surface area contributed by atoms with E-state index in [2.05, 4.69) is 37.4 Å². The molecule has 1 aliphatic rings. The van der Waals surface area contributed by atoms with Crippen LogP contribution in [0.5, 0.6) is 0 Å². The van der Waals surface area contributed by atoms with E-state index in [9.17, 15) is 0 Å². The zero-order chi connectivity index (χ0) is 13.9. The fourth-order valence-corrected chi connectivity index (χ4v) is 3.10. The van der Waals surface area contributed by atoms with E-state index in [1.807, 2.05) is 12.1 Å². The molecule has 1 fully saturated rings. The summed E-state index contributed by atoms with van der Waals surface area (Å²) in [4.78, 5) is 0. The Labute approximate surface area is 120 Å². The molecule has 3 rings (SSSR count). The lowest BCUT2D eigenvalue weighted by atomic mass is 9.91. The largest absolute Gasteiger partial charge is 0.459 e. The molecule has 1 N–H and O–H groups in total. The summed E-state index contributed by atoms with van der Waals surface area (Å²) in [6.07, 6.45) is 2.51. The van der Waals surface area contributed by atoms with Crippen LogP contribution in [-0.2, 0) is 4.74 Å². The summed E-state index contributed by atoms with van der Waals surface area (Å²) in [7, 11) is 0. The molecule has 1 aromatic heterocycles. The van der Waals surface area contributed by atoms with Crippen LogP contribution in [0.15, 0.2) is 34.7 Å². The van der Waals surface area contributed by atoms with Gasteiger partial charge in [0.15, 0.2) is 0 Å². The maximum atomic E-state index is 6.07. The summed E-state index contributed by atoms with van der Waals surface area (Å²) >= 11 is 0. The first-order valence-corrected chi connectivity index (χ1v) is 7.63. The number of ether oxygens (including phenoxy) is 1. The zero-order valence-electron chi connectivity index (χ0n) is 12.3. The fraction of sp³-hybridized carbons (Fsp3) is 0.529. The van der Waals surface area contributed by atoms with Gasteiger partial charge in [-0.25, -0.2) is 0 Å². The molecule has 0 amide bonds. The van der Waals surface area contributed by atoms with Gasteiger partial charge >= 0.3 is 0 Å². The highest BCUT2D eigenvalue weighted by atomic mass is 16.5. The number of furan rings is 1. The van der Waals surface area contributed by atoms with Gasteiger partial charge in [-0.05, 0) is 38.4 Å². The predicted molar refractivity (Wildman–Crippen MR) is 80.8 cm³/mol. The molecular formula is C17H23NO2. The zero-order valence-corrected chi connectivity index (χ0v) is 12.3. The molecule has 1 saturated heterocycles. The molecule has 3 unspecified atom stereocenters. The van der Waals surface area contributed by atoms with Crippen molar-refractivity contribution in [2.24, 2.45) is 5.92 Å². The van der Waals surface area contributed by atoms with Crippen molar-refractivity contribution in [1.82, 2.24) is 5.32 Å². The minimum atomic E-state index is 0.250. The number of benzene rings is 1. The van der Waals surface area contributed by atoms with Crippen molar-refractivity contribution in [1.29, 1.82) is 0 Å². The van der Waals surface area contributed by atoms with Crippen molar-refractivity contribution in [3.05, 3.63) is 36.1 Å². The van der Waals surface area contributed by atoms with Crippen molar-refractivity contribution < 1.29 is 9.15 Å². The number of hydrogen-bond donors (Lipinski definition) is 1. The van der Waals surface area contributed by atoms with Crippen molar-refractivity contribution in [3.8, 4) is 0 Å². The number of hydrogen-bond acceptors (Lipinski definition) is 3. The quantitative estimate of drug-likeness (QED) is 0.897. The van der Waals surface area contributed by atoms with Crippen LogP contribution in [0.3, 0.4) is 0 Å². The molecule has 1 aromatic carbocycles. The van der Waals surface area contributed by atoms with E-state index in [4.69, 9.17) is 9.15 Å². The lowest BCUT2D eigenvalue weighted by Crippen LogP contribution is -2.32. The summed E-state index contributed by atoms with van der Waals surface area (Å²) in [5.41, 5.74) is 0.970. The van der Waals surface area contributed by atoms with E-state index in [1.165, 1.54) is 5.39 Å². The normalized spacial score (nSPS) is 24.3. The molecule has 0 spiro atoms. The summed E-state index contributed by atoms with van der Waals surface area (Å²) < 4.78 is 11.8. The van der Waals surface area contributed by atoms with Crippen molar-refractivity contribution in [3.63, 3.8) is 0 Å². The third-order valence-electron chi connectivity index (χ3n) is 4.23. The molecule has 3 nitrogen and oxygen atoms in total. The van der Waals surface area contributed by atoms with Crippen LogP contribution in [0.1, 0.15) is 38.5 Å². The second kappa shape index (κ2) is 5.98. The van der Waals surface area contributed by atoms with Gasteiger partial charge in [0.1, 0.15) is 11.3 Å². The minimum Gasteiger partial charge on any atom is -0.459 e. The summed E-state index contributed by atoms with van der Waals surface area (Å²) in [5, 5.41) is 4.82. The number of rotatable bonds is 5. The van der Waals surface area contributed by atoms with Crippen molar-refractivity contribution in [2.45, 2.75) is 38.8 Å². The summed E-state index contributed by atoms with van der Waals surface area (Å²) in [6.45, 7) is 6.22. The average Bonchev–Trinajstić information content (AvgIpc) is 3.06. The molecule has 2 aromatic rings. The van der Waals surface area contributed by atoms with E-state index < -0.39 is 0 Å². The van der Waals surface area contributed by atoms with Crippen molar-refractivity contribution in [2.75, 3.05) is 13.2 Å². The highest BCUT2D eigenvalue weighted by molar-refractivity contribution is 5.77. The van der Waals surface area contributed by atoms with Gasteiger partial charge in [-0.15, -0.1) is 0 Å². The van der Waals surface area contributed by atoms with Gasteiger partial charge in [-0.1, -0.05) is 25.1 Å². The summed E-state index contributed by atoms with van der Waals surface area (Å²) in [6, 6.07) is 10.6.